The summed E-state index contributed by atoms with van der Waals surface area (Å²) in [5, 5.41) is 54.9. The molecule has 8 nitrogen and oxygen atoms in total. The van der Waals surface area contributed by atoms with E-state index in [0.29, 0.717) is 0 Å². The molecule has 1 fully saturated rings. The molecule has 6 atom stereocenters. The molecule has 0 radical (unpaired) electrons. The predicted molar refractivity (Wildman–Crippen MR) is 52.8 cm³/mol. The largest absolute Gasteiger partial charge is 0.394 e. The van der Waals surface area contributed by atoms with E-state index in [-0.39, 0.29) is 6.61 Å². The van der Waals surface area contributed by atoms with E-state index in [1.165, 1.54) is 0 Å². The fourth-order valence-corrected chi connectivity index (χ4v) is 1.46. The van der Waals surface area contributed by atoms with Crippen molar-refractivity contribution in [1.29, 1.82) is 0 Å². The second-order valence-electron chi connectivity index (χ2n) is 3.87. The minimum absolute atomic E-state index is 0.306. The minimum atomic E-state index is -1.52. The summed E-state index contributed by atoms with van der Waals surface area (Å²) in [6.07, 6.45) is -7.94. The van der Waals surface area contributed by atoms with Crippen LogP contribution in [-0.4, -0.2) is 87.3 Å². The van der Waals surface area contributed by atoms with Crippen LogP contribution in [0.4, 0.5) is 0 Å². The first-order valence-corrected chi connectivity index (χ1v) is 5.22. The van der Waals surface area contributed by atoms with E-state index in [1.54, 1.807) is 0 Å². The maximum atomic E-state index is 9.52. The van der Waals surface area contributed by atoms with Crippen LogP contribution in [-0.2, 0) is 9.47 Å². The van der Waals surface area contributed by atoms with E-state index in [2.05, 4.69) is 0 Å². The van der Waals surface area contributed by atoms with Gasteiger partial charge >= 0.3 is 0 Å². The fourth-order valence-electron chi connectivity index (χ4n) is 1.46. The van der Waals surface area contributed by atoms with Crippen molar-refractivity contribution in [1.82, 2.24) is 0 Å². The second kappa shape index (κ2) is 6.57. The van der Waals surface area contributed by atoms with E-state index in [4.69, 9.17) is 24.8 Å². The Balaban J connectivity index is 2.53. The van der Waals surface area contributed by atoms with Crippen molar-refractivity contribution in [3.63, 3.8) is 0 Å². The zero-order chi connectivity index (χ0) is 13.0. The summed E-state index contributed by atoms with van der Waals surface area (Å²) < 4.78 is 9.93. The van der Waals surface area contributed by atoms with Crippen LogP contribution in [0.2, 0.25) is 0 Å². The monoisotopic (exact) mass is 254 g/mol. The molecule has 0 bridgehead atoms. The normalized spacial score (nSPS) is 40.2. The van der Waals surface area contributed by atoms with E-state index in [0.717, 1.165) is 0 Å². The van der Waals surface area contributed by atoms with Crippen molar-refractivity contribution in [2.45, 2.75) is 36.8 Å². The van der Waals surface area contributed by atoms with Gasteiger partial charge in [0.25, 0.3) is 0 Å². The van der Waals surface area contributed by atoms with Gasteiger partial charge in [-0.3, -0.25) is 0 Å². The number of rotatable bonds is 5. The second-order valence-corrected chi connectivity index (χ2v) is 3.87. The van der Waals surface area contributed by atoms with Crippen LogP contribution in [0.3, 0.4) is 0 Å². The molecule has 17 heavy (non-hydrogen) atoms. The molecule has 102 valence electrons. The summed E-state index contributed by atoms with van der Waals surface area (Å²) in [5.41, 5.74) is 0. The number of ether oxygens (including phenoxy) is 2. The quantitative estimate of drug-likeness (QED) is 0.293. The molecule has 6 N–H and O–H groups in total. The summed E-state index contributed by atoms with van der Waals surface area (Å²) in [6.45, 7) is -1.37. The van der Waals surface area contributed by atoms with Crippen LogP contribution < -0.4 is 0 Å². The zero-order valence-corrected chi connectivity index (χ0v) is 9.09. The van der Waals surface area contributed by atoms with Gasteiger partial charge in [0.1, 0.15) is 30.5 Å². The summed E-state index contributed by atoms with van der Waals surface area (Å²) in [7, 11) is 0. The smallest absolute Gasteiger partial charge is 0.186 e. The number of hydrogen-bond acceptors (Lipinski definition) is 8. The highest BCUT2D eigenvalue weighted by Crippen LogP contribution is 2.21. The molecule has 1 aliphatic rings. The molecule has 8 heteroatoms. The van der Waals surface area contributed by atoms with Crippen LogP contribution in [0, 0.1) is 0 Å². The van der Waals surface area contributed by atoms with Gasteiger partial charge in [0.05, 0.1) is 19.8 Å². The van der Waals surface area contributed by atoms with Crippen LogP contribution >= 0.6 is 0 Å². The van der Waals surface area contributed by atoms with Gasteiger partial charge in [0, 0.05) is 0 Å². The molecule has 1 rings (SSSR count). The SMILES string of the molecule is OC[C@H](O)CO[C@@H]1O[C@@H](CO)[C@H](O)[C@H](O)[C@@H]1O. The van der Waals surface area contributed by atoms with Crippen molar-refractivity contribution in [3.8, 4) is 0 Å². The van der Waals surface area contributed by atoms with Crippen LogP contribution in [0.5, 0.6) is 0 Å². The Morgan fingerprint density at radius 2 is 1.71 bits per heavy atom. The molecule has 0 aliphatic carbocycles. The fraction of sp³-hybridized carbons (Fsp3) is 1.00. The van der Waals surface area contributed by atoms with Crippen molar-refractivity contribution in [3.05, 3.63) is 0 Å². The molecule has 1 heterocycles. The molecule has 0 amide bonds. The Bertz CT molecular complexity index is 223. The Kier molecular flexibility index (Phi) is 5.70. The lowest BCUT2D eigenvalue weighted by Gasteiger charge is -2.39. The predicted octanol–water partition coefficient (Wildman–Crippen LogP) is -3.84. The number of aliphatic hydroxyl groups excluding tert-OH is 6. The third-order valence-corrected chi connectivity index (χ3v) is 2.51. The van der Waals surface area contributed by atoms with Gasteiger partial charge in [0.2, 0.25) is 0 Å². The lowest BCUT2D eigenvalue weighted by Crippen LogP contribution is -2.59. The molecule has 0 aromatic rings. The van der Waals surface area contributed by atoms with E-state index < -0.39 is 50.0 Å². The Hall–Kier alpha value is -0.320. The van der Waals surface area contributed by atoms with Crippen LogP contribution in [0.1, 0.15) is 0 Å². The molecule has 0 saturated carbocycles. The zero-order valence-electron chi connectivity index (χ0n) is 9.09. The first kappa shape index (κ1) is 14.7. The third-order valence-electron chi connectivity index (χ3n) is 2.51. The lowest BCUT2D eigenvalue weighted by molar-refractivity contribution is -0.304. The third kappa shape index (κ3) is 3.57. The maximum Gasteiger partial charge on any atom is 0.186 e. The van der Waals surface area contributed by atoms with E-state index in [1.807, 2.05) is 0 Å². The Labute approximate surface area is 97.6 Å². The Morgan fingerprint density at radius 3 is 2.24 bits per heavy atom. The highest BCUT2D eigenvalue weighted by Gasteiger charge is 2.44. The Morgan fingerprint density at radius 1 is 1.06 bits per heavy atom. The molecular formula is C9H18O8. The molecular weight excluding hydrogens is 236 g/mol. The molecule has 1 saturated heterocycles. The van der Waals surface area contributed by atoms with Gasteiger partial charge in [-0.15, -0.1) is 0 Å². The first-order chi connectivity index (χ1) is 8.01. The van der Waals surface area contributed by atoms with Gasteiger partial charge in [-0.25, -0.2) is 0 Å². The van der Waals surface area contributed by atoms with Gasteiger partial charge in [-0.2, -0.15) is 0 Å². The van der Waals surface area contributed by atoms with Gasteiger partial charge in [-0.1, -0.05) is 0 Å². The number of aliphatic hydroxyl groups is 6. The lowest BCUT2D eigenvalue weighted by atomic mass is 9.99. The van der Waals surface area contributed by atoms with Crippen molar-refractivity contribution in [2.75, 3.05) is 19.8 Å². The molecule has 0 aromatic heterocycles. The van der Waals surface area contributed by atoms with Crippen molar-refractivity contribution < 1.29 is 40.1 Å². The molecule has 1 aliphatic heterocycles. The average molecular weight is 254 g/mol. The highest BCUT2D eigenvalue weighted by molar-refractivity contribution is 4.88. The van der Waals surface area contributed by atoms with E-state index in [9.17, 15) is 15.3 Å². The highest BCUT2D eigenvalue weighted by atomic mass is 16.7. The van der Waals surface area contributed by atoms with Gasteiger partial charge in [-0.05, 0) is 0 Å². The molecule has 0 unspecified atom stereocenters. The summed E-state index contributed by atoms with van der Waals surface area (Å²) in [4.78, 5) is 0. The minimum Gasteiger partial charge on any atom is -0.394 e. The van der Waals surface area contributed by atoms with Crippen molar-refractivity contribution >= 4 is 0 Å². The van der Waals surface area contributed by atoms with Crippen LogP contribution in [0.25, 0.3) is 0 Å². The van der Waals surface area contributed by atoms with Crippen LogP contribution in [0.15, 0.2) is 0 Å². The maximum absolute atomic E-state index is 9.52. The average Bonchev–Trinajstić information content (AvgIpc) is 2.34. The molecule has 0 aromatic carbocycles. The van der Waals surface area contributed by atoms with Gasteiger partial charge in [0.15, 0.2) is 6.29 Å². The summed E-state index contributed by atoms with van der Waals surface area (Å²) in [6, 6.07) is 0. The molecule has 0 spiro atoms. The summed E-state index contributed by atoms with van der Waals surface area (Å²) in [5.74, 6) is 0. The van der Waals surface area contributed by atoms with Gasteiger partial charge < -0.3 is 40.1 Å². The van der Waals surface area contributed by atoms with E-state index >= 15 is 0 Å². The number of hydrogen-bond donors (Lipinski definition) is 6. The summed E-state index contributed by atoms with van der Waals surface area (Å²) >= 11 is 0. The first-order valence-electron chi connectivity index (χ1n) is 5.22. The van der Waals surface area contributed by atoms with Crippen molar-refractivity contribution in [2.24, 2.45) is 0 Å². The standard InChI is InChI=1S/C9H18O8/c10-1-4(12)3-16-9-8(15)7(14)6(13)5(2-11)17-9/h4-15H,1-3H2/t4-,5-,6-,7-,8-,9+/m0/s1. The topological polar surface area (TPSA) is 140 Å².